The molecule has 1 aliphatic rings. The summed E-state index contributed by atoms with van der Waals surface area (Å²) in [5.74, 6) is 0.257. The molecule has 1 atom stereocenters. The van der Waals surface area contributed by atoms with E-state index < -0.39 is 4.92 Å². The van der Waals surface area contributed by atoms with E-state index in [1.807, 2.05) is 12.1 Å². The second-order valence-electron chi connectivity index (χ2n) is 5.01. The van der Waals surface area contributed by atoms with Crippen LogP contribution in [0.1, 0.15) is 35.0 Å². The number of pyridine rings is 1. The fourth-order valence-corrected chi connectivity index (χ4v) is 2.85. The quantitative estimate of drug-likeness (QED) is 0.686. The van der Waals surface area contributed by atoms with Crippen LogP contribution in [0.5, 0.6) is 0 Å². The highest BCUT2D eigenvalue weighted by Crippen LogP contribution is 2.40. The first-order valence-corrected chi connectivity index (χ1v) is 6.76. The van der Waals surface area contributed by atoms with Crippen LogP contribution in [0.2, 0.25) is 0 Å². The number of hydrogen-bond donors (Lipinski definition) is 1. The van der Waals surface area contributed by atoms with Crippen LogP contribution in [-0.2, 0) is 6.42 Å². The summed E-state index contributed by atoms with van der Waals surface area (Å²) in [5.41, 5.74) is 2.85. The van der Waals surface area contributed by atoms with Crippen molar-refractivity contribution in [2.75, 3.05) is 12.4 Å². The largest absolute Gasteiger partial charge is 0.357 e. The summed E-state index contributed by atoms with van der Waals surface area (Å²) in [6.07, 6.45) is 3.37. The molecule has 0 radical (unpaired) electrons. The van der Waals surface area contributed by atoms with Crippen LogP contribution in [0.4, 0.5) is 11.6 Å². The molecule has 1 aliphatic carbocycles. The van der Waals surface area contributed by atoms with E-state index in [2.05, 4.69) is 20.3 Å². The second kappa shape index (κ2) is 5.08. The summed E-state index contributed by atoms with van der Waals surface area (Å²) in [5, 5.41) is 14.3. The molecule has 3 rings (SSSR count). The first-order chi connectivity index (χ1) is 10.1. The Morgan fingerprint density at radius 1 is 1.38 bits per heavy atom. The zero-order valence-corrected chi connectivity index (χ0v) is 11.8. The van der Waals surface area contributed by atoms with Crippen molar-refractivity contribution < 1.29 is 4.92 Å². The lowest BCUT2D eigenvalue weighted by atomic mass is 10.00. The third kappa shape index (κ3) is 2.20. The normalized spacial score (nSPS) is 16.6. The summed E-state index contributed by atoms with van der Waals surface area (Å²) >= 11 is 0. The molecular weight excluding hydrogens is 270 g/mol. The summed E-state index contributed by atoms with van der Waals surface area (Å²) in [4.78, 5) is 23.9. The molecular formula is C14H15N5O2. The minimum absolute atomic E-state index is 0.00231. The van der Waals surface area contributed by atoms with E-state index in [-0.39, 0.29) is 11.6 Å². The van der Waals surface area contributed by atoms with Crippen LogP contribution in [-0.4, -0.2) is 26.9 Å². The van der Waals surface area contributed by atoms with E-state index in [0.717, 1.165) is 24.1 Å². The van der Waals surface area contributed by atoms with Crippen molar-refractivity contribution >= 4 is 11.6 Å². The molecule has 21 heavy (non-hydrogen) atoms. The molecule has 0 aromatic carbocycles. The first kappa shape index (κ1) is 13.4. The zero-order chi connectivity index (χ0) is 15.0. The highest BCUT2D eigenvalue weighted by molar-refractivity contribution is 5.50. The Morgan fingerprint density at radius 3 is 2.90 bits per heavy atom. The van der Waals surface area contributed by atoms with Crippen molar-refractivity contribution in [3.63, 3.8) is 0 Å². The maximum absolute atomic E-state index is 11.4. The molecule has 2 aromatic heterocycles. The Bertz CT molecular complexity index is 717. The number of nitrogens with one attached hydrogen (secondary N) is 1. The lowest BCUT2D eigenvalue weighted by molar-refractivity contribution is -0.386. The maximum Gasteiger partial charge on any atom is 0.312 e. The Balaban J connectivity index is 2.18. The number of nitrogens with zero attached hydrogens (tertiary/aromatic N) is 4. The fourth-order valence-electron chi connectivity index (χ4n) is 2.85. The van der Waals surface area contributed by atoms with Crippen LogP contribution >= 0.6 is 0 Å². The van der Waals surface area contributed by atoms with Gasteiger partial charge in [0.15, 0.2) is 0 Å². The van der Waals surface area contributed by atoms with Gasteiger partial charge in [-0.2, -0.15) is 0 Å². The lowest BCUT2D eigenvalue weighted by Crippen LogP contribution is -2.11. The van der Waals surface area contributed by atoms with Gasteiger partial charge in [-0.3, -0.25) is 15.1 Å². The predicted molar refractivity (Wildman–Crippen MR) is 77.4 cm³/mol. The molecule has 0 fully saturated rings. The minimum atomic E-state index is -0.398. The molecule has 0 saturated heterocycles. The topological polar surface area (TPSA) is 93.8 Å². The average Bonchev–Trinajstić information content (AvgIpc) is 2.89. The fraction of sp³-hybridized carbons (Fsp3) is 0.357. The van der Waals surface area contributed by atoms with Gasteiger partial charge in [0.2, 0.25) is 5.95 Å². The molecule has 1 N–H and O–H groups in total. The SMILES string of the molecule is CNc1nc(C)c([N+](=O)[O-])c(C2CCc3cccnc32)n1. The van der Waals surface area contributed by atoms with Gasteiger partial charge in [-0.1, -0.05) is 6.07 Å². The van der Waals surface area contributed by atoms with Gasteiger partial charge in [-0.05, 0) is 31.4 Å². The van der Waals surface area contributed by atoms with Gasteiger partial charge >= 0.3 is 5.69 Å². The molecule has 108 valence electrons. The Morgan fingerprint density at radius 2 is 2.19 bits per heavy atom. The second-order valence-corrected chi connectivity index (χ2v) is 5.01. The van der Waals surface area contributed by atoms with E-state index in [4.69, 9.17) is 0 Å². The smallest absolute Gasteiger partial charge is 0.312 e. The van der Waals surface area contributed by atoms with Crippen molar-refractivity contribution in [1.29, 1.82) is 0 Å². The van der Waals surface area contributed by atoms with E-state index in [1.54, 1.807) is 20.2 Å². The van der Waals surface area contributed by atoms with Crippen molar-refractivity contribution in [2.45, 2.75) is 25.7 Å². The van der Waals surface area contributed by atoms with Gasteiger partial charge in [0, 0.05) is 13.2 Å². The van der Waals surface area contributed by atoms with E-state index in [0.29, 0.717) is 17.3 Å². The number of aryl methyl sites for hydroxylation is 2. The summed E-state index contributed by atoms with van der Waals surface area (Å²) in [7, 11) is 1.70. The number of rotatable bonds is 3. The van der Waals surface area contributed by atoms with E-state index in [1.165, 1.54) is 0 Å². The third-order valence-electron chi connectivity index (χ3n) is 3.78. The first-order valence-electron chi connectivity index (χ1n) is 6.76. The van der Waals surface area contributed by atoms with Gasteiger partial charge in [-0.15, -0.1) is 0 Å². The molecule has 0 bridgehead atoms. The summed E-state index contributed by atoms with van der Waals surface area (Å²) in [6.45, 7) is 1.64. The highest BCUT2D eigenvalue weighted by atomic mass is 16.6. The summed E-state index contributed by atoms with van der Waals surface area (Å²) in [6, 6.07) is 3.90. The van der Waals surface area contributed by atoms with Crippen molar-refractivity contribution in [3.05, 3.63) is 51.1 Å². The molecule has 7 heteroatoms. The standard InChI is InChI=1S/C14H15N5O2/c1-8-13(19(20)21)12(18-14(15-2)17-8)10-6-5-9-4-3-7-16-11(9)10/h3-4,7,10H,5-6H2,1-2H3,(H,15,17,18). The van der Waals surface area contributed by atoms with Gasteiger partial charge < -0.3 is 5.32 Å². The van der Waals surface area contributed by atoms with Crippen molar-refractivity contribution in [1.82, 2.24) is 15.0 Å². The lowest BCUT2D eigenvalue weighted by Gasteiger charge is -2.13. The predicted octanol–water partition coefficient (Wildman–Crippen LogP) is 2.21. The third-order valence-corrected chi connectivity index (χ3v) is 3.78. The molecule has 0 aliphatic heterocycles. The molecule has 0 amide bonds. The Labute approximate surface area is 121 Å². The van der Waals surface area contributed by atoms with Gasteiger partial charge in [0.05, 0.1) is 16.5 Å². The highest BCUT2D eigenvalue weighted by Gasteiger charge is 2.34. The summed E-state index contributed by atoms with van der Waals surface area (Å²) < 4.78 is 0. The van der Waals surface area contributed by atoms with Gasteiger partial charge in [0.1, 0.15) is 11.4 Å². The average molecular weight is 285 g/mol. The number of hydrogen-bond acceptors (Lipinski definition) is 6. The monoisotopic (exact) mass is 285 g/mol. The Kier molecular flexibility index (Phi) is 3.25. The zero-order valence-electron chi connectivity index (χ0n) is 11.8. The van der Waals surface area contributed by atoms with Crippen LogP contribution in [0.3, 0.4) is 0 Å². The van der Waals surface area contributed by atoms with Gasteiger partial charge in [-0.25, -0.2) is 9.97 Å². The van der Waals surface area contributed by atoms with E-state index >= 15 is 0 Å². The van der Waals surface area contributed by atoms with Crippen LogP contribution < -0.4 is 5.32 Å². The van der Waals surface area contributed by atoms with Crippen LogP contribution in [0.15, 0.2) is 18.3 Å². The van der Waals surface area contributed by atoms with Crippen molar-refractivity contribution in [3.8, 4) is 0 Å². The molecule has 2 heterocycles. The van der Waals surface area contributed by atoms with Gasteiger partial charge in [0.25, 0.3) is 0 Å². The number of nitro groups is 1. The molecule has 1 unspecified atom stereocenters. The maximum atomic E-state index is 11.4. The molecule has 2 aromatic rings. The van der Waals surface area contributed by atoms with Crippen LogP contribution in [0, 0.1) is 17.0 Å². The number of fused-ring (bicyclic) bond motifs is 1. The molecule has 0 saturated carbocycles. The Hall–Kier alpha value is -2.57. The van der Waals surface area contributed by atoms with Crippen molar-refractivity contribution in [2.24, 2.45) is 0 Å². The van der Waals surface area contributed by atoms with E-state index in [9.17, 15) is 10.1 Å². The minimum Gasteiger partial charge on any atom is -0.357 e. The number of anilines is 1. The van der Waals surface area contributed by atoms with Crippen LogP contribution in [0.25, 0.3) is 0 Å². The number of aromatic nitrogens is 3. The molecule has 0 spiro atoms. The molecule has 7 nitrogen and oxygen atoms in total.